The second kappa shape index (κ2) is 6.18. The van der Waals surface area contributed by atoms with Crippen molar-refractivity contribution in [3.05, 3.63) is 52.3 Å². The number of nitrogens with zero attached hydrogens (tertiary/aromatic N) is 6. The number of aromatic nitrogens is 6. The normalized spacial score (nSPS) is 20.3. The van der Waals surface area contributed by atoms with Crippen LogP contribution in [0.15, 0.2) is 35.4 Å². The third kappa shape index (κ3) is 2.74. The average Bonchev–Trinajstić information content (AvgIpc) is 3.32. The zero-order valence-corrected chi connectivity index (χ0v) is 17.1. The lowest BCUT2D eigenvalue weighted by Gasteiger charge is -2.30. The lowest BCUT2D eigenvalue weighted by molar-refractivity contribution is 0.264. The van der Waals surface area contributed by atoms with Crippen molar-refractivity contribution in [2.24, 2.45) is 0 Å². The molecule has 1 aliphatic carbocycles. The SMILES string of the molecule is Cc1cn2nc(-c3ccc4c(=O)n(C5CCNC6(CC6)C5)ncc4n3)cc2c(C)n1. The monoisotopic (exact) mass is 401 g/mol. The Labute approximate surface area is 173 Å². The molecule has 4 aromatic heterocycles. The van der Waals surface area contributed by atoms with E-state index in [2.05, 4.69) is 20.5 Å². The summed E-state index contributed by atoms with van der Waals surface area (Å²) in [6, 6.07) is 5.86. The minimum Gasteiger partial charge on any atom is -0.311 e. The molecule has 8 heteroatoms. The molecule has 1 spiro atoms. The quantitative estimate of drug-likeness (QED) is 0.555. The Bertz CT molecular complexity index is 1370. The van der Waals surface area contributed by atoms with E-state index in [-0.39, 0.29) is 17.1 Å². The Morgan fingerprint density at radius 2 is 2.03 bits per heavy atom. The van der Waals surface area contributed by atoms with Crippen LogP contribution >= 0.6 is 0 Å². The smallest absolute Gasteiger partial charge is 0.276 e. The van der Waals surface area contributed by atoms with Gasteiger partial charge in [-0.05, 0) is 64.3 Å². The molecular formula is C22H23N7O. The van der Waals surface area contributed by atoms with Gasteiger partial charge in [0.05, 0.1) is 51.9 Å². The van der Waals surface area contributed by atoms with Gasteiger partial charge in [0.2, 0.25) is 0 Å². The van der Waals surface area contributed by atoms with Crippen LogP contribution < -0.4 is 10.9 Å². The summed E-state index contributed by atoms with van der Waals surface area (Å²) in [6.07, 6.45) is 7.92. The molecule has 4 aromatic rings. The Morgan fingerprint density at radius 3 is 2.87 bits per heavy atom. The molecule has 0 aromatic carbocycles. The van der Waals surface area contributed by atoms with Crippen molar-refractivity contribution < 1.29 is 0 Å². The van der Waals surface area contributed by atoms with Gasteiger partial charge in [-0.3, -0.25) is 9.78 Å². The second-order valence-electron chi connectivity index (χ2n) is 8.70. The van der Waals surface area contributed by atoms with E-state index >= 15 is 0 Å². The Hall–Kier alpha value is -3.13. The molecule has 1 N–H and O–H groups in total. The fourth-order valence-electron chi connectivity index (χ4n) is 4.74. The van der Waals surface area contributed by atoms with E-state index in [9.17, 15) is 4.79 Å². The van der Waals surface area contributed by atoms with Crippen LogP contribution in [-0.4, -0.2) is 41.4 Å². The summed E-state index contributed by atoms with van der Waals surface area (Å²) in [5.41, 5.74) is 5.06. The van der Waals surface area contributed by atoms with Crippen LogP contribution in [0.25, 0.3) is 27.8 Å². The van der Waals surface area contributed by atoms with Gasteiger partial charge in [0.25, 0.3) is 5.56 Å². The maximum absolute atomic E-state index is 13.1. The maximum Gasteiger partial charge on any atom is 0.276 e. The van der Waals surface area contributed by atoms with E-state index in [4.69, 9.17) is 4.98 Å². The van der Waals surface area contributed by atoms with Gasteiger partial charge in [-0.1, -0.05) is 0 Å². The highest BCUT2D eigenvalue weighted by Gasteiger charge is 2.46. The number of aryl methyl sites for hydroxylation is 2. The van der Waals surface area contributed by atoms with Crippen molar-refractivity contribution in [1.82, 2.24) is 34.7 Å². The summed E-state index contributed by atoms with van der Waals surface area (Å²) in [4.78, 5) is 22.3. The zero-order chi connectivity index (χ0) is 20.5. The highest BCUT2D eigenvalue weighted by atomic mass is 16.1. The van der Waals surface area contributed by atoms with Crippen LogP contribution in [0.4, 0.5) is 0 Å². The fraction of sp³-hybridized carbons (Fsp3) is 0.409. The standard InChI is InChI=1S/C22H23N7O/c1-13-12-28-20(14(2)25-13)9-18(27-28)17-4-3-16-19(26-17)11-24-29(21(16)30)15-5-8-23-22(10-15)6-7-22/h3-4,9,11-12,15,23H,5-8,10H2,1-2H3. The Morgan fingerprint density at radius 1 is 1.17 bits per heavy atom. The number of hydrogen-bond acceptors (Lipinski definition) is 6. The molecule has 0 bridgehead atoms. The van der Waals surface area contributed by atoms with Gasteiger partial charge in [0.15, 0.2) is 0 Å². The van der Waals surface area contributed by atoms with Crippen molar-refractivity contribution in [3.63, 3.8) is 0 Å². The summed E-state index contributed by atoms with van der Waals surface area (Å²) in [5.74, 6) is 0. The first-order valence-electron chi connectivity index (χ1n) is 10.5. The fourth-order valence-corrected chi connectivity index (χ4v) is 4.74. The zero-order valence-electron chi connectivity index (χ0n) is 17.1. The molecule has 2 fully saturated rings. The number of rotatable bonds is 2. The van der Waals surface area contributed by atoms with Gasteiger partial charge in [0.1, 0.15) is 5.69 Å². The van der Waals surface area contributed by atoms with Crippen molar-refractivity contribution in [2.45, 2.75) is 51.1 Å². The van der Waals surface area contributed by atoms with E-state index < -0.39 is 0 Å². The van der Waals surface area contributed by atoms with Crippen molar-refractivity contribution >= 4 is 16.4 Å². The van der Waals surface area contributed by atoms with Gasteiger partial charge in [-0.15, -0.1) is 0 Å². The molecule has 0 radical (unpaired) electrons. The molecule has 152 valence electrons. The molecule has 0 amide bonds. The number of fused-ring (bicyclic) bond motifs is 2. The summed E-state index contributed by atoms with van der Waals surface area (Å²) in [6.45, 7) is 4.86. The van der Waals surface area contributed by atoms with Crippen LogP contribution in [0.1, 0.15) is 43.1 Å². The predicted molar refractivity (Wildman–Crippen MR) is 113 cm³/mol. The molecule has 1 saturated heterocycles. The van der Waals surface area contributed by atoms with Gasteiger partial charge in [-0.2, -0.15) is 10.2 Å². The minimum absolute atomic E-state index is 0.0556. The summed E-state index contributed by atoms with van der Waals surface area (Å²) >= 11 is 0. The molecule has 8 nitrogen and oxygen atoms in total. The molecule has 5 heterocycles. The van der Waals surface area contributed by atoms with E-state index in [1.54, 1.807) is 10.9 Å². The molecule has 1 saturated carbocycles. The predicted octanol–water partition coefficient (Wildman–Crippen LogP) is 2.58. The van der Waals surface area contributed by atoms with E-state index in [1.165, 1.54) is 12.8 Å². The highest BCUT2D eigenvalue weighted by molar-refractivity contribution is 5.80. The molecular weight excluding hydrogens is 378 g/mol. The lowest BCUT2D eigenvalue weighted by Crippen LogP contribution is -2.43. The first kappa shape index (κ1) is 17.7. The average molecular weight is 401 g/mol. The molecule has 30 heavy (non-hydrogen) atoms. The number of nitrogens with one attached hydrogen (secondary N) is 1. The Kier molecular flexibility index (Phi) is 3.65. The molecule has 2 aliphatic rings. The molecule has 6 rings (SSSR count). The van der Waals surface area contributed by atoms with Gasteiger partial charge < -0.3 is 5.32 Å². The topological polar surface area (TPSA) is 90.0 Å². The first-order chi connectivity index (χ1) is 14.5. The van der Waals surface area contributed by atoms with E-state index in [1.807, 2.05) is 42.8 Å². The van der Waals surface area contributed by atoms with Crippen molar-refractivity contribution in [3.8, 4) is 11.4 Å². The van der Waals surface area contributed by atoms with E-state index in [0.717, 1.165) is 47.7 Å². The van der Waals surface area contributed by atoms with Crippen LogP contribution in [0.3, 0.4) is 0 Å². The third-order valence-electron chi connectivity index (χ3n) is 6.49. The van der Waals surface area contributed by atoms with Crippen LogP contribution in [0, 0.1) is 13.8 Å². The van der Waals surface area contributed by atoms with Crippen molar-refractivity contribution in [1.29, 1.82) is 0 Å². The summed E-state index contributed by atoms with van der Waals surface area (Å²) in [7, 11) is 0. The molecule has 1 atom stereocenters. The van der Waals surface area contributed by atoms with E-state index in [0.29, 0.717) is 10.9 Å². The highest BCUT2D eigenvalue weighted by Crippen LogP contribution is 2.44. The minimum atomic E-state index is -0.0556. The maximum atomic E-state index is 13.1. The van der Waals surface area contributed by atoms with Gasteiger partial charge in [0, 0.05) is 5.54 Å². The first-order valence-corrected chi connectivity index (χ1v) is 10.5. The summed E-state index contributed by atoms with van der Waals surface area (Å²) < 4.78 is 3.51. The number of hydrogen-bond donors (Lipinski definition) is 1. The lowest BCUT2D eigenvalue weighted by atomic mass is 9.97. The van der Waals surface area contributed by atoms with Crippen LogP contribution in [0.2, 0.25) is 0 Å². The number of piperidine rings is 1. The molecule has 1 unspecified atom stereocenters. The summed E-state index contributed by atoms with van der Waals surface area (Å²) in [5, 5.41) is 13.4. The Balaban J connectivity index is 1.40. The second-order valence-corrected chi connectivity index (χ2v) is 8.70. The van der Waals surface area contributed by atoms with Crippen LogP contribution in [-0.2, 0) is 0 Å². The largest absolute Gasteiger partial charge is 0.311 e. The van der Waals surface area contributed by atoms with Crippen LogP contribution in [0.5, 0.6) is 0 Å². The van der Waals surface area contributed by atoms with Crippen molar-refractivity contribution in [2.75, 3.05) is 6.54 Å². The number of pyridine rings is 1. The van der Waals surface area contributed by atoms with Gasteiger partial charge in [-0.25, -0.2) is 14.2 Å². The third-order valence-corrected chi connectivity index (χ3v) is 6.49. The molecule has 1 aliphatic heterocycles. The van der Waals surface area contributed by atoms with Gasteiger partial charge >= 0.3 is 0 Å².